The Morgan fingerprint density at radius 2 is 1.86 bits per heavy atom. The van der Waals surface area contributed by atoms with Crippen LogP contribution >= 0.6 is 0 Å². The fourth-order valence-electron chi connectivity index (χ4n) is 3.57. The molecule has 1 aliphatic heterocycles. The van der Waals surface area contributed by atoms with Gasteiger partial charge in [-0.05, 0) is 61.4 Å². The number of benzene rings is 1. The molecule has 1 unspecified atom stereocenters. The Morgan fingerprint density at radius 1 is 1.14 bits per heavy atom. The van der Waals surface area contributed by atoms with Crippen molar-refractivity contribution in [3.8, 4) is 0 Å². The normalized spacial score (nSPS) is 16.3. The first-order valence-corrected chi connectivity index (χ1v) is 9.27. The van der Waals surface area contributed by atoms with Crippen LogP contribution in [0.4, 0.5) is 5.69 Å². The van der Waals surface area contributed by atoms with Gasteiger partial charge < -0.3 is 13.7 Å². The third kappa shape index (κ3) is 3.58. The summed E-state index contributed by atoms with van der Waals surface area (Å²) in [4.78, 5) is 15.1. The second-order valence-corrected chi connectivity index (χ2v) is 7.20. The lowest BCUT2D eigenvalue weighted by atomic mass is 10.1. The number of nitrogens with zero attached hydrogens (tertiary/aromatic N) is 3. The van der Waals surface area contributed by atoms with Crippen LogP contribution in [0.1, 0.15) is 35.1 Å². The molecule has 0 radical (unpaired) electrons. The van der Waals surface area contributed by atoms with Gasteiger partial charge in [-0.2, -0.15) is 5.10 Å². The van der Waals surface area contributed by atoms with Crippen molar-refractivity contribution in [2.75, 3.05) is 18.5 Å². The molecule has 4 rings (SSSR count). The fourth-order valence-corrected chi connectivity index (χ4v) is 3.57. The number of hydrogen-bond acceptors (Lipinski definition) is 5. The summed E-state index contributed by atoms with van der Waals surface area (Å²) in [6.07, 6.45) is 3.78. The van der Waals surface area contributed by atoms with E-state index in [1.165, 1.54) is 16.1 Å². The van der Waals surface area contributed by atoms with E-state index >= 15 is 0 Å². The summed E-state index contributed by atoms with van der Waals surface area (Å²) >= 11 is 0. The molecule has 3 heterocycles. The first-order valence-electron chi connectivity index (χ1n) is 9.27. The Labute approximate surface area is 164 Å². The monoisotopic (exact) mass is 377 g/mol. The van der Waals surface area contributed by atoms with Crippen molar-refractivity contribution in [2.24, 2.45) is 5.10 Å². The molecular weight excluding hydrogens is 354 g/mol. The largest absolute Gasteiger partial charge is 0.467 e. The smallest absolute Gasteiger partial charge is 0.262 e. The Morgan fingerprint density at radius 3 is 2.50 bits per heavy atom. The Kier molecular flexibility index (Phi) is 4.77. The van der Waals surface area contributed by atoms with E-state index in [1.54, 1.807) is 12.5 Å². The first kappa shape index (κ1) is 18.1. The summed E-state index contributed by atoms with van der Waals surface area (Å²) in [5.74, 6) is 1.30. The predicted molar refractivity (Wildman–Crippen MR) is 107 cm³/mol. The standard InChI is InChI=1S/C22H23N3O3/c1-15-10-16(2)12-17(11-15)24(3)14-22(26)25-19(21-7-5-9-28-21)13-18(23-25)20-6-4-8-27-20/h4-12,19H,13-14H2,1-3H3. The quantitative estimate of drug-likeness (QED) is 0.665. The van der Waals surface area contributed by atoms with Crippen molar-refractivity contribution < 1.29 is 13.6 Å². The lowest BCUT2D eigenvalue weighted by molar-refractivity contribution is -0.131. The molecule has 0 bridgehead atoms. The number of carbonyl (C=O) groups excluding carboxylic acids is 1. The van der Waals surface area contributed by atoms with Gasteiger partial charge in [0.25, 0.3) is 5.91 Å². The van der Waals surface area contributed by atoms with Gasteiger partial charge in [0, 0.05) is 19.2 Å². The van der Waals surface area contributed by atoms with E-state index in [2.05, 4.69) is 37.1 Å². The number of likely N-dealkylation sites (N-methyl/N-ethyl adjacent to an activating group) is 1. The molecule has 3 aromatic rings. The van der Waals surface area contributed by atoms with Crippen LogP contribution < -0.4 is 4.90 Å². The highest BCUT2D eigenvalue weighted by molar-refractivity contribution is 6.01. The van der Waals surface area contributed by atoms with Crippen LogP contribution in [0.3, 0.4) is 0 Å². The van der Waals surface area contributed by atoms with Crippen molar-refractivity contribution >= 4 is 17.3 Å². The Balaban J connectivity index is 1.57. The molecule has 144 valence electrons. The van der Waals surface area contributed by atoms with E-state index in [0.29, 0.717) is 17.9 Å². The van der Waals surface area contributed by atoms with Crippen molar-refractivity contribution in [1.29, 1.82) is 0 Å². The molecule has 1 aliphatic rings. The number of aryl methyl sites for hydroxylation is 2. The predicted octanol–water partition coefficient (Wildman–Crippen LogP) is 4.30. The maximum atomic E-state index is 13.1. The summed E-state index contributed by atoms with van der Waals surface area (Å²) in [5, 5.41) is 6.09. The van der Waals surface area contributed by atoms with Crippen LogP contribution in [0.5, 0.6) is 0 Å². The maximum absolute atomic E-state index is 13.1. The second kappa shape index (κ2) is 7.38. The molecule has 0 saturated heterocycles. The first-order chi connectivity index (χ1) is 13.5. The average Bonchev–Trinajstić information content (AvgIpc) is 3.39. The van der Waals surface area contributed by atoms with Crippen LogP contribution in [0.2, 0.25) is 0 Å². The summed E-state index contributed by atoms with van der Waals surface area (Å²) in [6, 6.07) is 13.4. The van der Waals surface area contributed by atoms with Crippen molar-refractivity contribution in [3.05, 3.63) is 77.6 Å². The van der Waals surface area contributed by atoms with Gasteiger partial charge >= 0.3 is 0 Å². The minimum atomic E-state index is -0.268. The van der Waals surface area contributed by atoms with Crippen molar-refractivity contribution in [3.63, 3.8) is 0 Å². The zero-order valence-corrected chi connectivity index (χ0v) is 16.3. The lowest BCUT2D eigenvalue weighted by Crippen LogP contribution is -2.36. The molecule has 0 spiro atoms. The number of rotatable bonds is 5. The van der Waals surface area contributed by atoms with Crippen LogP contribution in [-0.4, -0.2) is 30.2 Å². The second-order valence-electron chi connectivity index (χ2n) is 7.20. The van der Waals surface area contributed by atoms with Gasteiger partial charge in [0.05, 0.1) is 19.1 Å². The highest BCUT2D eigenvalue weighted by atomic mass is 16.3. The van der Waals surface area contributed by atoms with Gasteiger partial charge in [-0.15, -0.1) is 0 Å². The molecule has 1 atom stereocenters. The molecule has 1 aromatic carbocycles. The average molecular weight is 377 g/mol. The third-order valence-electron chi connectivity index (χ3n) is 4.86. The topological polar surface area (TPSA) is 62.2 Å². The number of carbonyl (C=O) groups is 1. The van der Waals surface area contributed by atoms with Crippen LogP contribution in [0, 0.1) is 13.8 Å². The molecule has 0 fully saturated rings. The molecule has 0 N–H and O–H groups in total. The van der Waals surface area contributed by atoms with Gasteiger partial charge in [-0.3, -0.25) is 4.79 Å². The van der Waals surface area contributed by atoms with Crippen LogP contribution in [-0.2, 0) is 4.79 Å². The summed E-state index contributed by atoms with van der Waals surface area (Å²) in [5.41, 5.74) is 4.09. The summed E-state index contributed by atoms with van der Waals surface area (Å²) < 4.78 is 11.1. The van der Waals surface area contributed by atoms with Crippen LogP contribution in [0.15, 0.2) is 68.9 Å². The number of amides is 1. The van der Waals surface area contributed by atoms with Gasteiger partial charge in [-0.1, -0.05) is 6.07 Å². The highest BCUT2D eigenvalue weighted by Crippen LogP contribution is 2.33. The molecule has 0 aliphatic carbocycles. The van der Waals surface area contributed by atoms with Crippen molar-refractivity contribution in [2.45, 2.75) is 26.3 Å². The summed E-state index contributed by atoms with van der Waals surface area (Å²) in [6.45, 7) is 4.33. The van der Waals surface area contributed by atoms with E-state index in [-0.39, 0.29) is 18.5 Å². The molecule has 1 amide bonds. The molecule has 2 aromatic heterocycles. The van der Waals surface area contributed by atoms with Crippen LogP contribution in [0.25, 0.3) is 0 Å². The number of hydrazone groups is 1. The number of hydrogen-bond donors (Lipinski definition) is 0. The highest BCUT2D eigenvalue weighted by Gasteiger charge is 2.36. The summed E-state index contributed by atoms with van der Waals surface area (Å²) in [7, 11) is 1.92. The van der Waals surface area contributed by atoms with Gasteiger partial charge in [0.15, 0.2) is 0 Å². The van der Waals surface area contributed by atoms with E-state index < -0.39 is 0 Å². The number of anilines is 1. The molecule has 0 saturated carbocycles. The SMILES string of the molecule is Cc1cc(C)cc(N(C)CC(=O)N2N=C(c3ccco3)CC2c2ccco2)c1. The Bertz CT molecular complexity index is 970. The molecule has 28 heavy (non-hydrogen) atoms. The molecular formula is C22H23N3O3. The van der Waals surface area contributed by atoms with Gasteiger partial charge in [0.1, 0.15) is 23.3 Å². The number of furan rings is 2. The Hall–Kier alpha value is -3.28. The molecule has 6 nitrogen and oxygen atoms in total. The zero-order valence-electron chi connectivity index (χ0n) is 16.3. The third-order valence-corrected chi connectivity index (χ3v) is 4.86. The van der Waals surface area contributed by atoms with E-state index in [1.807, 2.05) is 36.2 Å². The van der Waals surface area contributed by atoms with Gasteiger partial charge in [0.2, 0.25) is 0 Å². The minimum Gasteiger partial charge on any atom is -0.467 e. The van der Waals surface area contributed by atoms with E-state index in [4.69, 9.17) is 8.83 Å². The van der Waals surface area contributed by atoms with E-state index in [0.717, 1.165) is 11.4 Å². The van der Waals surface area contributed by atoms with Gasteiger partial charge in [-0.25, -0.2) is 5.01 Å². The zero-order chi connectivity index (χ0) is 19.7. The van der Waals surface area contributed by atoms with Crippen molar-refractivity contribution in [1.82, 2.24) is 5.01 Å². The minimum absolute atomic E-state index is 0.0929. The fraction of sp³-hybridized carbons (Fsp3) is 0.273. The lowest BCUT2D eigenvalue weighted by Gasteiger charge is -2.25. The maximum Gasteiger partial charge on any atom is 0.262 e. The van der Waals surface area contributed by atoms with E-state index in [9.17, 15) is 4.79 Å². The molecule has 6 heteroatoms.